The van der Waals surface area contributed by atoms with Crippen LogP contribution in [0.25, 0.3) is 11.0 Å². The number of H-pyrrole nitrogens is 1. The summed E-state index contributed by atoms with van der Waals surface area (Å²) in [6.45, 7) is 0. The van der Waals surface area contributed by atoms with Gasteiger partial charge in [-0.2, -0.15) is 0 Å². The fourth-order valence-corrected chi connectivity index (χ4v) is 3.61. The van der Waals surface area contributed by atoms with E-state index in [0.29, 0.717) is 16.1 Å². The second-order valence-corrected chi connectivity index (χ2v) is 7.74. The standard InChI is InChI=1S/C15H11Cl2N3O3S/c16-9-5-6-11(10(17)7-9)18-14(21)8-24(22,23)15-19-12-3-1-2-4-13(12)20-15/h1-7H,8H2,(H,18,21)(H,19,20). The Labute approximate surface area is 147 Å². The predicted molar refractivity (Wildman–Crippen MR) is 93.2 cm³/mol. The molecule has 2 aromatic carbocycles. The van der Waals surface area contributed by atoms with Crippen molar-refractivity contribution in [2.45, 2.75) is 5.16 Å². The van der Waals surface area contributed by atoms with Crippen molar-refractivity contribution in [3.63, 3.8) is 0 Å². The molecule has 0 aliphatic carbocycles. The first-order chi connectivity index (χ1) is 11.3. The number of aromatic nitrogens is 2. The molecular formula is C15H11Cl2N3O3S. The van der Waals surface area contributed by atoms with Crippen LogP contribution in [0.1, 0.15) is 0 Å². The summed E-state index contributed by atoms with van der Waals surface area (Å²) < 4.78 is 24.7. The van der Waals surface area contributed by atoms with Crippen molar-refractivity contribution < 1.29 is 13.2 Å². The average Bonchev–Trinajstić information content (AvgIpc) is 2.94. The number of amides is 1. The molecule has 0 bridgehead atoms. The Morgan fingerprint density at radius 2 is 1.92 bits per heavy atom. The number of benzene rings is 2. The molecule has 9 heteroatoms. The topological polar surface area (TPSA) is 91.9 Å². The number of halogens is 2. The van der Waals surface area contributed by atoms with Crippen LogP contribution in [0.5, 0.6) is 0 Å². The molecule has 6 nitrogen and oxygen atoms in total. The number of anilines is 1. The molecule has 0 radical (unpaired) electrons. The molecule has 3 aromatic rings. The second kappa shape index (κ2) is 6.43. The van der Waals surface area contributed by atoms with Gasteiger partial charge in [0.2, 0.25) is 20.9 Å². The smallest absolute Gasteiger partial charge is 0.240 e. The van der Waals surface area contributed by atoms with Gasteiger partial charge >= 0.3 is 0 Å². The average molecular weight is 384 g/mol. The quantitative estimate of drug-likeness (QED) is 0.722. The fraction of sp³-hybridized carbons (Fsp3) is 0.0667. The molecule has 0 fully saturated rings. The number of rotatable bonds is 4. The lowest BCUT2D eigenvalue weighted by Crippen LogP contribution is -2.23. The lowest BCUT2D eigenvalue weighted by molar-refractivity contribution is -0.113. The number of aromatic amines is 1. The number of nitrogens with one attached hydrogen (secondary N) is 2. The summed E-state index contributed by atoms with van der Waals surface area (Å²) in [6.07, 6.45) is 0. The lowest BCUT2D eigenvalue weighted by atomic mass is 10.3. The van der Waals surface area contributed by atoms with E-state index in [0.717, 1.165) is 0 Å². The number of sulfone groups is 1. The maximum atomic E-state index is 12.3. The van der Waals surface area contributed by atoms with Crippen molar-refractivity contribution in [2.75, 3.05) is 11.1 Å². The summed E-state index contributed by atoms with van der Waals surface area (Å²) >= 11 is 11.7. The van der Waals surface area contributed by atoms with E-state index in [1.165, 1.54) is 18.2 Å². The van der Waals surface area contributed by atoms with Gasteiger partial charge in [0.1, 0.15) is 5.75 Å². The minimum absolute atomic E-state index is 0.219. The van der Waals surface area contributed by atoms with Gasteiger partial charge in [-0.05, 0) is 30.3 Å². The van der Waals surface area contributed by atoms with Crippen molar-refractivity contribution >= 4 is 55.7 Å². The first-order valence-corrected chi connectivity index (χ1v) is 9.18. The van der Waals surface area contributed by atoms with E-state index in [1.54, 1.807) is 24.3 Å². The molecule has 0 unspecified atom stereocenters. The number of fused-ring (bicyclic) bond motifs is 1. The van der Waals surface area contributed by atoms with Gasteiger partial charge in [-0.25, -0.2) is 13.4 Å². The van der Waals surface area contributed by atoms with Crippen LogP contribution < -0.4 is 5.32 Å². The molecular weight excluding hydrogens is 373 g/mol. The van der Waals surface area contributed by atoms with Gasteiger partial charge in [-0.15, -0.1) is 0 Å². The number of para-hydroxylation sites is 2. The van der Waals surface area contributed by atoms with Crippen LogP contribution in [0.15, 0.2) is 47.6 Å². The third-order valence-electron chi connectivity index (χ3n) is 3.19. The fourth-order valence-electron chi connectivity index (χ4n) is 2.09. The monoisotopic (exact) mass is 383 g/mol. The van der Waals surface area contributed by atoms with E-state index in [-0.39, 0.29) is 15.9 Å². The van der Waals surface area contributed by atoms with Gasteiger partial charge in [0, 0.05) is 5.02 Å². The highest BCUT2D eigenvalue weighted by molar-refractivity contribution is 7.92. The van der Waals surface area contributed by atoms with Crippen LogP contribution in [0, 0.1) is 0 Å². The molecule has 0 spiro atoms. The van der Waals surface area contributed by atoms with E-state index >= 15 is 0 Å². The maximum Gasteiger partial charge on any atom is 0.240 e. The Bertz CT molecular complexity index is 998. The Morgan fingerprint density at radius 1 is 1.17 bits per heavy atom. The molecule has 0 atom stereocenters. The van der Waals surface area contributed by atoms with Gasteiger partial charge in [0.15, 0.2) is 0 Å². The highest BCUT2D eigenvalue weighted by Crippen LogP contribution is 2.25. The van der Waals surface area contributed by atoms with Crippen LogP contribution in [-0.4, -0.2) is 30.0 Å². The molecule has 0 saturated heterocycles. The first-order valence-electron chi connectivity index (χ1n) is 6.77. The number of hydrogen-bond acceptors (Lipinski definition) is 4. The summed E-state index contributed by atoms with van der Waals surface area (Å²) in [5, 5.41) is 2.83. The zero-order valence-corrected chi connectivity index (χ0v) is 14.4. The highest BCUT2D eigenvalue weighted by Gasteiger charge is 2.23. The van der Waals surface area contributed by atoms with Crippen molar-refractivity contribution in [1.82, 2.24) is 9.97 Å². The van der Waals surface area contributed by atoms with Crippen LogP contribution in [0.2, 0.25) is 10.0 Å². The van der Waals surface area contributed by atoms with Crippen molar-refractivity contribution in [3.05, 3.63) is 52.5 Å². The molecule has 0 aliphatic heterocycles. The largest absolute Gasteiger partial charge is 0.329 e. The Kier molecular flexibility index (Phi) is 4.49. The molecule has 0 aliphatic rings. The molecule has 24 heavy (non-hydrogen) atoms. The number of hydrogen-bond donors (Lipinski definition) is 2. The van der Waals surface area contributed by atoms with E-state index in [9.17, 15) is 13.2 Å². The Balaban J connectivity index is 1.79. The van der Waals surface area contributed by atoms with Gasteiger partial charge in [-0.3, -0.25) is 4.79 Å². The molecule has 0 saturated carbocycles. The van der Waals surface area contributed by atoms with Gasteiger partial charge in [0.05, 0.1) is 21.7 Å². The molecule has 3 rings (SSSR count). The number of nitrogens with zero attached hydrogens (tertiary/aromatic N) is 1. The van der Waals surface area contributed by atoms with Crippen molar-refractivity contribution in [1.29, 1.82) is 0 Å². The van der Waals surface area contributed by atoms with E-state index in [1.807, 2.05) is 0 Å². The number of carbonyl (C=O) groups is 1. The minimum atomic E-state index is -3.91. The van der Waals surface area contributed by atoms with Crippen LogP contribution in [0.4, 0.5) is 5.69 Å². The number of imidazole rings is 1. The van der Waals surface area contributed by atoms with E-state index in [4.69, 9.17) is 23.2 Å². The molecule has 1 heterocycles. The minimum Gasteiger partial charge on any atom is -0.329 e. The number of carbonyl (C=O) groups excluding carboxylic acids is 1. The molecule has 2 N–H and O–H groups in total. The third kappa shape index (κ3) is 3.53. The van der Waals surface area contributed by atoms with Crippen molar-refractivity contribution in [3.8, 4) is 0 Å². The first kappa shape index (κ1) is 16.8. The summed E-state index contributed by atoms with van der Waals surface area (Å²) in [5.74, 6) is -1.48. The summed E-state index contributed by atoms with van der Waals surface area (Å²) in [6, 6.07) is 11.4. The third-order valence-corrected chi connectivity index (χ3v) is 5.16. The van der Waals surface area contributed by atoms with Crippen LogP contribution in [0.3, 0.4) is 0 Å². The molecule has 1 aromatic heterocycles. The normalized spacial score (nSPS) is 11.6. The molecule has 1 amide bonds. The summed E-state index contributed by atoms with van der Waals surface area (Å²) in [4.78, 5) is 18.7. The van der Waals surface area contributed by atoms with Crippen LogP contribution in [-0.2, 0) is 14.6 Å². The molecule has 124 valence electrons. The predicted octanol–water partition coefficient (Wildman–Crippen LogP) is 3.28. The van der Waals surface area contributed by atoms with Gasteiger partial charge in [-0.1, -0.05) is 35.3 Å². The lowest BCUT2D eigenvalue weighted by Gasteiger charge is -2.07. The van der Waals surface area contributed by atoms with E-state index in [2.05, 4.69) is 15.3 Å². The van der Waals surface area contributed by atoms with Crippen molar-refractivity contribution in [2.24, 2.45) is 0 Å². The highest BCUT2D eigenvalue weighted by atomic mass is 35.5. The SMILES string of the molecule is O=C(CS(=O)(=O)c1nc2ccccc2[nH]1)Nc1ccc(Cl)cc1Cl. The van der Waals surface area contributed by atoms with Gasteiger partial charge in [0.25, 0.3) is 0 Å². The summed E-state index contributed by atoms with van der Waals surface area (Å²) in [7, 11) is -3.91. The van der Waals surface area contributed by atoms with E-state index < -0.39 is 21.5 Å². The Hall–Kier alpha value is -2.09. The van der Waals surface area contributed by atoms with Gasteiger partial charge < -0.3 is 10.3 Å². The zero-order chi connectivity index (χ0) is 17.3. The second-order valence-electron chi connectivity index (χ2n) is 4.99. The van der Waals surface area contributed by atoms with Crippen LogP contribution >= 0.6 is 23.2 Å². The maximum absolute atomic E-state index is 12.3. The summed E-state index contributed by atoms with van der Waals surface area (Å²) in [5.41, 5.74) is 1.38. The Morgan fingerprint density at radius 3 is 2.62 bits per heavy atom. The zero-order valence-electron chi connectivity index (χ0n) is 12.1.